The van der Waals surface area contributed by atoms with E-state index in [0.29, 0.717) is 11.6 Å². The van der Waals surface area contributed by atoms with Gasteiger partial charge in [0.1, 0.15) is 0 Å². The molecule has 5 heteroatoms. The predicted molar refractivity (Wildman–Crippen MR) is 115 cm³/mol. The third kappa shape index (κ3) is 3.42. The minimum atomic E-state index is -0.184. The van der Waals surface area contributed by atoms with Gasteiger partial charge >= 0.3 is 6.03 Å². The summed E-state index contributed by atoms with van der Waals surface area (Å²) in [6, 6.07) is 20.4. The van der Waals surface area contributed by atoms with Crippen LogP contribution in [0.1, 0.15) is 48.5 Å². The number of benzene rings is 2. The number of para-hydroxylation sites is 1. The number of amides is 2. The fourth-order valence-electron chi connectivity index (χ4n) is 4.66. The second kappa shape index (κ2) is 7.60. The topological polar surface area (TPSA) is 37.3 Å². The van der Waals surface area contributed by atoms with Gasteiger partial charge in [-0.1, -0.05) is 54.8 Å². The summed E-state index contributed by atoms with van der Waals surface area (Å²) >= 11 is 6.15. The third-order valence-corrected chi connectivity index (χ3v) is 6.35. The largest absolute Gasteiger partial charge is 0.335 e. The van der Waals surface area contributed by atoms with E-state index in [4.69, 9.17) is 11.6 Å². The van der Waals surface area contributed by atoms with Crippen LogP contribution in [0.15, 0.2) is 66.9 Å². The van der Waals surface area contributed by atoms with Crippen molar-refractivity contribution < 1.29 is 4.79 Å². The molecule has 0 saturated heterocycles. The zero-order chi connectivity index (χ0) is 19.8. The molecule has 1 aliphatic carbocycles. The highest BCUT2D eigenvalue weighted by Gasteiger charge is 2.33. The molecule has 3 aromatic rings. The van der Waals surface area contributed by atoms with Gasteiger partial charge in [-0.3, -0.25) is 0 Å². The molecule has 1 aliphatic heterocycles. The molecule has 1 atom stereocenters. The van der Waals surface area contributed by atoms with Crippen LogP contribution in [0.25, 0.3) is 5.69 Å². The SMILES string of the molecule is O=C(NC1CCCC1)N1Cc2ccccc2-n2cccc2[C@@H]1c1ccc(Cl)cc1. The van der Waals surface area contributed by atoms with Crippen LogP contribution in [0.5, 0.6) is 0 Å². The summed E-state index contributed by atoms with van der Waals surface area (Å²) < 4.78 is 2.21. The van der Waals surface area contributed by atoms with Crippen molar-refractivity contribution in [1.82, 2.24) is 14.8 Å². The highest BCUT2D eigenvalue weighted by atomic mass is 35.5. The van der Waals surface area contributed by atoms with Crippen molar-refractivity contribution in [3.05, 3.63) is 88.7 Å². The Kier molecular flexibility index (Phi) is 4.80. The third-order valence-electron chi connectivity index (χ3n) is 6.09. The minimum Gasteiger partial charge on any atom is -0.335 e. The van der Waals surface area contributed by atoms with Crippen LogP contribution >= 0.6 is 11.6 Å². The smallest absolute Gasteiger partial charge is 0.318 e. The number of hydrogen-bond acceptors (Lipinski definition) is 1. The summed E-state index contributed by atoms with van der Waals surface area (Å²) in [6.45, 7) is 0.559. The van der Waals surface area contributed by atoms with Crippen molar-refractivity contribution in [3.63, 3.8) is 0 Å². The van der Waals surface area contributed by atoms with Crippen molar-refractivity contribution in [2.75, 3.05) is 0 Å². The lowest BCUT2D eigenvalue weighted by Crippen LogP contribution is -2.45. The molecule has 1 N–H and O–H groups in total. The summed E-state index contributed by atoms with van der Waals surface area (Å²) in [5.41, 5.74) is 4.41. The molecule has 0 radical (unpaired) electrons. The number of urea groups is 1. The monoisotopic (exact) mass is 405 g/mol. The number of halogens is 1. The zero-order valence-corrected chi connectivity index (χ0v) is 17.0. The molecule has 0 unspecified atom stereocenters. The van der Waals surface area contributed by atoms with Crippen molar-refractivity contribution in [1.29, 1.82) is 0 Å². The van der Waals surface area contributed by atoms with Gasteiger partial charge < -0.3 is 14.8 Å². The van der Waals surface area contributed by atoms with Gasteiger partial charge in [0.15, 0.2) is 0 Å². The first-order valence-electron chi connectivity index (χ1n) is 10.3. The summed E-state index contributed by atoms with van der Waals surface area (Å²) in [7, 11) is 0. The molecule has 4 nitrogen and oxygen atoms in total. The van der Waals surface area contributed by atoms with Crippen LogP contribution in [-0.4, -0.2) is 21.5 Å². The van der Waals surface area contributed by atoms with Gasteiger partial charge in [-0.2, -0.15) is 0 Å². The molecule has 2 heterocycles. The molecule has 0 bridgehead atoms. The molecule has 2 amide bonds. The summed E-state index contributed by atoms with van der Waals surface area (Å²) in [6.07, 6.45) is 6.60. The molecule has 2 aliphatic rings. The van der Waals surface area contributed by atoms with Crippen LogP contribution in [0, 0.1) is 0 Å². The van der Waals surface area contributed by atoms with E-state index < -0.39 is 0 Å². The quantitative estimate of drug-likeness (QED) is 0.584. The summed E-state index contributed by atoms with van der Waals surface area (Å²) in [4.78, 5) is 15.4. The molecule has 0 spiro atoms. The fourth-order valence-corrected chi connectivity index (χ4v) is 4.79. The first kappa shape index (κ1) is 18.3. The van der Waals surface area contributed by atoms with E-state index in [9.17, 15) is 4.79 Å². The van der Waals surface area contributed by atoms with E-state index in [0.717, 1.165) is 35.3 Å². The number of rotatable bonds is 2. The Morgan fingerprint density at radius 2 is 1.72 bits per heavy atom. The first-order valence-corrected chi connectivity index (χ1v) is 10.7. The van der Waals surface area contributed by atoms with E-state index >= 15 is 0 Å². The number of hydrogen-bond donors (Lipinski definition) is 1. The zero-order valence-electron chi connectivity index (χ0n) is 16.2. The van der Waals surface area contributed by atoms with E-state index in [1.807, 2.05) is 47.4 Å². The molecule has 1 saturated carbocycles. The van der Waals surface area contributed by atoms with Gasteiger partial charge in [0.25, 0.3) is 0 Å². The lowest BCUT2D eigenvalue weighted by molar-refractivity contribution is 0.176. The molecular weight excluding hydrogens is 382 g/mol. The number of fused-ring (bicyclic) bond motifs is 3. The van der Waals surface area contributed by atoms with Crippen molar-refractivity contribution >= 4 is 17.6 Å². The van der Waals surface area contributed by atoms with Crippen LogP contribution in [0.2, 0.25) is 5.02 Å². The van der Waals surface area contributed by atoms with E-state index in [-0.39, 0.29) is 18.1 Å². The maximum absolute atomic E-state index is 13.5. The van der Waals surface area contributed by atoms with Crippen molar-refractivity contribution in [2.24, 2.45) is 0 Å². The lowest BCUT2D eigenvalue weighted by Gasteiger charge is -2.32. The highest BCUT2D eigenvalue weighted by Crippen LogP contribution is 2.37. The Balaban J connectivity index is 1.61. The van der Waals surface area contributed by atoms with Crippen molar-refractivity contribution in [2.45, 2.75) is 44.3 Å². The average Bonchev–Trinajstić information content (AvgIpc) is 3.39. The van der Waals surface area contributed by atoms with Crippen LogP contribution in [0.4, 0.5) is 4.79 Å². The van der Waals surface area contributed by atoms with Gasteiger partial charge in [-0.05, 0) is 54.3 Å². The summed E-state index contributed by atoms with van der Waals surface area (Å²) in [5.74, 6) is 0. The Morgan fingerprint density at radius 3 is 2.52 bits per heavy atom. The average molecular weight is 406 g/mol. The van der Waals surface area contributed by atoms with Crippen molar-refractivity contribution in [3.8, 4) is 5.69 Å². The van der Waals surface area contributed by atoms with Crippen LogP contribution in [-0.2, 0) is 6.54 Å². The maximum Gasteiger partial charge on any atom is 0.318 e. The normalized spacial score (nSPS) is 18.8. The Bertz CT molecular complexity index is 1020. The van der Waals surface area contributed by atoms with E-state index in [1.54, 1.807) is 0 Å². The maximum atomic E-state index is 13.5. The van der Waals surface area contributed by atoms with Gasteiger partial charge in [0.2, 0.25) is 0 Å². The van der Waals surface area contributed by atoms with Crippen LogP contribution < -0.4 is 5.32 Å². The van der Waals surface area contributed by atoms with E-state index in [2.05, 4.69) is 34.3 Å². The van der Waals surface area contributed by atoms with Gasteiger partial charge in [0.05, 0.1) is 18.3 Å². The molecule has 29 heavy (non-hydrogen) atoms. The molecule has 5 rings (SSSR count). The second-order valence-electron chi connectivity index (χ2n) is 7.94. The molecule has 1 aromatic heterocycles. The van der Waals surface area contributed by atoms with E-state index in [1.165, 1.54) is 12.8 Å². The van der Waals surface area contributed by atoms with Gasteiger partial charge in [-0.25, -0.2) is 4.79 Å². The minimum absolute atomic E-state index is 0.00121. The number of carbonyl (C=O) groups is 1. The van der Waals surface area contributed by atoms with Crippen LogP contribution in [0.3, 0.4) is 0 Å². The molecular formula is C24H24ClN3O. The lowest BCUT2D eigenvalue weighted by atomic mass is 10.0. The Morgan fingerprint density at radius 1 is 0.966 bits per heavy atom. The molecule has 148 valence electrons. The van der Waals surface area contributed by atoms with Gasteiger partial charge in [-0.15, -0.1) is 0 Å². The number of nitrogens with one attached hydrogen (secondary N) is 1. The first-order chi connectivity index (χ1) is 14.2. The van der Waals surface area contributed by atoms with Gasteiger partial charge in [0, 0.05) is 23.0 Å². The molecule has 1 fully saturated rings. The fraction of sp³-hybridized carbons (Fsp3) is 0.292. The summed E-state index contributed by atoms with van der Waals surface area (Å²) in [5, 5.41) is 3.99. The standard InChI is InChI=1S/C24H24ClN3O/c25-19-13-11-17(12-14-19)23-22-10-5-15-27(22)21-9-4-1-6-18(21)16-28(23)24(29)26-20-7-2-3-8-20/h1,4-6,9-15,20,23H,2-3,7-8,16H2,(H,26,29)/t23-/m0/s1. The molecule has 2 aromatic carbocycles. The predicted octanol–water partition coefficient (Wildman–Crippen LogP) is 5.69. The Hall–Kier alpha value is -2.72. The highest BCUT2D eigenvalue weighted by molar-refractivity contribution is 6.30. The number of nitrogens with zero attached hydrogens (tertiary/aromatic N) is 2. The number of carbonyl (C=O) groups excluding carboxylic acids is 1. The number of aromatic nitrogens is 1. The Labute approximate surface area is 176 Å². The second-order valence-corrected chi connectivity index (χ2v) is 8.38.